The van der Waals surface area contributed by atoms with E-state index in [1.807, 2.05) is 0 Å². The first-order valence-corrected chi connectivity index (χ1v) is 9.94. The normalized spacial score (nSPS) is 11.1. The summed E-state index contributed by atoms with van der Waals surface area (Å²) in [4.78, 5) is 19.8. The summed E-state index contributed by atoms with van der Waals surface area (Å²) in [5.74, 6) is 5.98. The molecule has 0 saturated carbocycles. The lowest BCUT2D eigenvalue weighted by atomic mass is 10.1. The zero-order chi connectivity index (χ0) is 24.5. The van der Waals surface area contributed by atoms with Crippen molar-refractivity contribution in [2.45, 2.75) is 13.1 Å². The zero-order valence-electron chi connectivity index (χ0n) is 18.1. The molecule has 172 valence electrons. The van der Waals surface area contributed by atoms with E-state index in [1.54, 1.807) is 54.1 Å². The van der Waals surface area contributed by atoms with E-state index in [-0.39, 0.29) is 17.3 Å². The maximum Gasteiger partial charge on any atom is 0.419 e. The second-order valence-electron chi connectivity index (χ2n) is 7.27. The van der Waals surface area contributed by atoms with Crippen LogP contribution in [-0.4, -0.2) is 27.4 Å². The van der Waals surface area contributed by atoms with Crippen molar-refractivity contribution < 1.29 is 22.7 Å². The first kappa shape index (κ1) is 22.7. The molecule has 34 heavy (non-hydrogen) atoms. The fourth-order valence-corrected chi connectivity index (χ4v) is 3.25. The predicted octanol–water partition coefficient (Wildman–Crippen LogP) is 4.36. The van der Waals surface area contributed by atoms with Crippen LogP contribution in [0.5, 0.6) is 5.75 Å². The van der Waals surface area contributed by atoms with Gasteiger partial charge in [-0.05, 0) is 48.4 Å². The number of amides is 1. The molecule has 0 aliphatic carbocycles. The lowest BCUT2D eigenvalue weighted by Crippen LogP contribution is -2.10. The number of fused-ring (bicyclic) bond motifs is 1. The molecule has 4 aromatic rings. The van der Waals surface area contributed by atoms with E-state index in [2.05, 4.69) is 27.1 Å². The van der Waals surface area contributed by atoms with Gasteiger partial charge in [0.1, 0.15) is 22.9 Å². The molecule has 0 bridgehead atoms. The second-order valence-corrected chi connectivity index (χ2v) is 7.27. The molecule has 0 atom stereocenters. The van der Waals surface area contributed by atoms with Gasteiger partial charge < -0.3 is 15.8 Å². The maximum absolute atomic E-state index is 13.3. The van der Waals surface area contributed by atoms with Crippen molar-refractivity contribution in [2.24, 2.45) is 0 Å². The number of halogens is 3. The Labute approximate surface area is 192 Å². The Morgan fingerprint density at radius 1 is 1.12 bits per heavy atom. The molecule has 1 aromatic carbocycles. The molecule has 0 aliphatic rings. The summed E-state index contributed by atoms with van der Waals surface area (Å²) in [5.41, 5.74) is 6.56. The fraction of sp³-hybridized carbons (Fsp3) is 0.125. The number of anilines is 2. The zero-order valence-corrected chi connectivity index (χ0v) is 18.1. The molecule has 0 saturated heterocycles. The minimum absolute atomic E-state index is 0.215. The van der Waals surface area contributed by atoms with Gasteiger partial charge in [0, 0.05) is 36.0 Å². The van der Waals surface area contributed by atoms with E-state index >= 15 is 0 Å². The topological polar surface area (TPSA) is 94.5 Å². The molecule has 0 radical (unpaired) electrons. The average molecular weight is 465 g/mol. The van der Waals surface area contributed by atoms with E-state index in [0.717, 1.165) is 6.07 Å². The van der Waals surface area contributed by atoms with Crippen LogP contribution in [0.1, 0.15) is 23.7 Å². The van der Waals surface area contributed by atoms with Crippen LogP contribution in [0, 0.1) is 11.8 Å². The Morgan fingerprint density at radius 2 is 1.85 bits per heavy atom. The molecule has 4 rings (SSSR count). The third kappa shape index (κ3) is 4.63. The Balaban J connectivity index is 1.84. The predicted molar refractivity (Wildman–Crippen MR) is 121 cm³/mol. The van der Waals surface area contributed by atoms with Gasteiger partial charge in [-0.3, -0.25) is 9.20 Å². The highest BCUT2D eigenvalue weighted by molar-refractivity contribution is 5.89. The molecule has 0 aliphatic heterocycles. The molecular formula is C24H18F3N5O2. The summed E-state index contributed by atoms with van der Waals surface area (Å²) in [6, 6.07) is 11.2. The van der Waals surface area contributed by atoms with Crippen LogP contribution in [-0.2, 0) is 11.0 Å². The summed E-state index contributed by atoms with van der Waals surface area (Å²) in [6.45, 7) is 1.34. The number of hydrogen-bond donors (Lipinski definition) is 2. The largest absolute Gasteiger partial charge is 0.497 e. The van der Waals surface area contributed by atoms with E-state index in [9.17, 15) is 18.0 Å². The van der Waals surface area contributed by atoms with Crippen LogP contribution in [0.15, 0.2) is 54.9 Å². The van der Waals surface area contributed by atoms with Crippen LogP contribution in [0.4, 0.5) is 24.8 Å². The molecule has 3 heterocycles. The first-order chi connectivity index (χ1) is 16.2. The number of imidazole rings is 1. The number of methoxy groups -OCH3 is 1. The van der Waals surface area contributed by atoms with Crippen LogP contribution in [0.3, 0.4) is 0 Å². The molecule has 3 N–H and O–H groups in total. The van der Waals surface area contributed by atoms with Crippen molar-refractivity contribution in [1.29, 1.82) is 0 Å². The van der Waals surface area contributed by atoms with Crippen molar-refractivity contribution in [1.82, 2.24) is 14.4 Å². The lowest BCUT2D eigenvalue weighted by molar-refractivity contribution is -0.137. The monoisotopic (exact) mass is 465 g/mol. The number of pyridine rings is 2. The number of nitrogen functional groups attached to an aromatic ring is 1. The van der Waals surface area contributed by atoms with Crippen molar-refractivity contribution in [2.75, 3.05) is 18.2 Å². The molecule has 1 amide bonds. The van der Waals surface area contributed by atoms with Gasteiger partial charge >= 0.3 is 6.18 Å². The molecular weight excluding hydrogens is 447 g/mol. The molecule has 0 spiro atoms. The number of nitrogens with two attached hydrogens (primary N) is 1. The van der Waals surface area contributed by atoms with Gasteiger partial charge in [0.15, 0.2) is 5.82 Å². The van der Waals surface area contributed by atoms with E-state index < -0.39 is 17.6 Å². The van der Waals surface area contributed by atoms with Gasteiger partial charge in [0.05, 0.1) is 12.7 Å². The smallest absolute Gasteiger partial charge is 0.419 e. The summed E-state index contributed by atoms with van der Waals surface area (Å²) in [6.07, 6.45) is -1.79. The minimum atomic E-state index is -4.64. The van der Waals surface area contributed by atoms with Crippen molar-refractivity contribution in [3.05, 3.63) is 71.7 Å². The van der Waals surface area contributed by atoms with Gasteiger partial charge in [0.25, 0.3) is 0 Å². The molecule has 7 nitrogen and oxygen atoms in total. The number of aromatic nitrogens is 3. The highest BCUT2D eigenvalue weighted by Crippen LogP contribution is 2.35. The third-order valence-electron chi connectivity index (χ3n) is 4.89. The van der Waals surface area contributed by atoms with Crippen molar-refractivity contribution in [3.8, 4) is 28.7 Å². The highest BCUT2D eigenvalue weighted by Gasteiger charge is 2.34. The number of carbonyl (C=O) groups is 1. The van der Waals surface area contributed by atoms with E-state index in [0.29, 0.717) is 28.2 Å². The summed E-state index contributed by atoms with van der Waals surface area (Å²) in [7, 11) is 1.56. The standard InChI is InChI=1S/C24H18F3N5O2/c1-14(33)30-23-20(9-5-15-3-7-18(34-2)8-4-15)32-13-16(6-10-21(32)31-23)17-11-19(24(25,26)27)22(28)29-12-17/h3-4,6-8,10-13H,1-2H3,(H2,28,29)(H,30,33). The Hall–Kier alpha value is -4.52. The number of benzene rings is 1. The highest BCUT2D eigenvalue weighted by atomic mass is 19.4. The van der Waals surface area contributed by atoms with Gasteiger partial charge in [-0.2, -0.15) is 13.2 Å². The number of rotatable bonds is 3. The molecule has 10 heteroatoms. The Bertz CT molecular complexity index is 1450. The van der Waals surface area contributed by atoms with E-state index in [1.165, 1.54) is 13.1 Å². The summed E-state index contributed by atoms with van der Waals surface area (Å²) >= 11 is 0. The molecule has 3 aromatic heterocycles. The number of carbonyl (C=O) groups excluding carboxylic acids is 1. The molecule has 0 unspecified atom stereocenters. The summed E-state index contributed by atoms with van der Waals surface area (Å²) in [5, 5.41) is 2.64. The number of alkyl halides is 3. The van der Waals surface area contributed by atoms with Crippen LogP contribution in [0.2, 0.25) is 0 Å². The lowest BCUT2D eigenvalue weighted by Gasteiger charge is -2.11. The minimum Gasteiger partial charge on any atom is -0.497 e. The van der Waals surface area contributed by atoms with Gasteiger partial charge in [0.2, 0.25) is 5.91 Å². The number of hydrogen-bond acceptors (Lipinski definition) is 5. The van der Waals surface area contributed by atoms with Crippen LogP contribution < -0.4 is 15.8 Å². The fourth-order valence-electron chi connectivity index (χ4n) is 3.25. The average Bonchev–Trinajstić information content (AvgIpc) is 3.13. The Morgan fingerprint density at radius 3 is 2.50 bits per heavy atom. The third-order valence-corrected chi connectivity index (χ3v) is 4.89. The van der Waals surface area contributed by atoms with Gasteiger partial charge in [-0.15, -0.1) is 0 Å². The van der Waals surface area contributed by atoms with Crippen LogP contribution in [0.25, 0.3) is 16.8 Å². The van der Waals surface area contributed by atoms with Crippen molar-refractivity contribution >= 4 is 23.2 Å². The maximum atomic E-state index is 13.3. The summed E-state index contributed by atoms with van der Waals surface area (Å²) < 4.78 is 46.6. The number of nitrogens with zero attached hydrogens (tertiary/aromatic N) is 3. The van der Waals surface area contributed by atoms with Gasteiger partial charge in [-0.1, -0.05) is 5.92 Å². The number of nitrogens with one attached hydrogen (secondary N) is 1. The van der Waals surface area contributed by atoms with Crippen LogP contribution >= 0.6 is 0 Å². The van der Waals surface area contributed by atoms with E-state index in [4.69, 9.17) is 10.5 Å². The quantitative estimate of drug-likeness (QED) is 0.439. The second kappa shape index (κ2) is 8.78. The van der Waals surface area contributed by atoms with Gasteiger partial charge in [-0.25, -0.2) is 9.97 Å². The SMILES string of the molecule is COc1ccc(C#Cc2c(NC(C)=O)nc3ccc(-c4cnc(N)c(C(F)(F)F)c4)cn23)cc1. The van der Waals surface area contributed by atoms with Crippen molar-refractivity contribution in [3.63, 3.8) is 0 Å². The number of ether oxygens (including phenoxy) is 1. The molecule has 0 fully saturated rings. The Kier molecular flexibility index (Phi) is 5.86. The first-order valence-electron chi connectivity index (χ1n) is 9.94.